The van der Waals surface area contributed by atoms with Crippen LogP contribution in [0.3, 0.4) is 0 Å². The SMILES string of the molecule is C=CCn1nc(C)c(NCCNCC(O)c2cccc(O)c2)c1C. The van der Waals surface area contributed by atoms with Crippen LogP contribution in [0.25, 0.3) is 0 Å². The second-order valence-electron chi connectivity index (χ2n) is 5.76. The number of hydrogen-bond donors (Lipinski definition) is 4. The highest BCUT2D eigenvalue weighted by molar-refractivity contribution is 5.52. The van der Waals surface area contributed by atoms with Crippen molar-refractivity contribution in [2.75, 3.05) is 25.0 Å². The lowest BCUT2D eigenvalue weighted by molar-refractivity contribution is 0.175. The molecule has 1 unspecified atom stereocenters. The maximum atomic E-state index is 10.1. The Morgan fingerprint density at radius 1 is 1.33 bits per heavy atom. The largest absolute Gasteiger partial charge is 0.508 e. The molecule has 0 aliphatic carbocycles. The molecule has 0 saturated heterocycles. The van der Waals surface area contributed by atoms with Crippen LogP contribution in [-0.2, 0) is 6.54 Å². The van der Waals surface area contributed by atoms with Gasteiger partial charge in [0.25, 0.3) is 0 Å². The van der Waals surface area contributed by atoms with Crippen molar-refractivity contribution >= 4 is 5.69 Å². The maximum absolute atomic E-state index is 10.1. The first-order chi connectivity index (χ1) is 11.5. The van der Waals surface area contributed by atoms with Crippen molar-refractivity contribution in [2.45, 2.75) is 26.5 Å². The Morgan fingerprint density at radius 3 is 2.83 bits per heavy atom. The van der Waals surface area contributed by atoms with Crippen molar-refractivity contribution in [1.29, 1.82) is 0 Å². The van der Waals surface area contributed by atoms with Gasteiger partial charge in [-0.1, -0.05) is 18.2 Å². The fraction of sp³-hybridized carbons (Fsp3) is 0.389. The van der Waals surface area contributed by atoms with E-state index in [0.717, 1.165) is 23.6 Å². The first kappa shape index (κ1) is 18.0. The van der Waals surface area contributed by atoms with Crippen molar-refractivity contribution in [2.24, 2.45) is 0 Å². The van der Waals surface area contributed by atoms with Crippen LogP contribution in [0.5, 0.6) is 5.75 Å². The lowest BCUT2D eigenvalue weighted by atomic mass is 10.1. The summed E-state index contributed by atoms with van der Waals surface area (Å²) in [5.74, 6) is 0.163. The molecule has 4 N–H and O–H groups in total. The van der Waals surface area contributed by atoms with Gasteiger partial charge in [-0.15, -0.1) is 6.58 Å². The molecule has 0 radical (unpaired) electrons. The van der Waals surface area contributed by atoms with Gasteiger partial charge in [-0.3, -0.25) is 4.68 Å². The van der Waals surface area contributed by atoms with Gasteiger partial charge < -0.3 is 20.8 Å². The number of phenols is 1. The third kappa shape index (κ3) is 4.59. The molecule has 24 heavy (non-hydrogen) atoms. The molecule has 0 aliphatic rings. The fourth-order valence-electron chi connectivity index (χ4n) is 2.62. The summed E-state index contributed by atoms with van der Waals surface area (Å²) in [7, 11) is 0. The lowest BCUT2D eigenvalue weighted by Crippen LogP contribution is -2.27. The smallest absolute Gasteiger partial charge is 0.115 e. The van der Waals surface area contributed by atoms with E-state index in [2.05, 4.69) is 22.3 Å². The number of anilines is 1. The van der Waals surface area contributed by atoms with Crippen molar-refractivity contribution < 1.29 is 10.2 Å². The standard InChI is InChI=1S/C18H26N4O2/c1-4-10-22-14(3)18(13(2)21-22)20-9-8-19-12-17(24)15-6-5-7-16(23)11-15/h4-7,11,17,19-20,23-24H,1,8-10,12H2,2-3H3. The quantitative estimate of drug-likeness (QED) is 0.418. The third-order valence-corrected chi connectivity index (χ3v) is 3.88. The monoisotopic (exact) mass is 330 g/mol. The molecule has 0 saturated carbocycles. The zero-order valence-corrected chi connectivity index (χ0v) is 14.3. The van der Waals surface area contributed by atoms with Gasteiger partial charge in [-0.05, 0) is 31.5 Å². The molecule has 2 aromatic rings. The van der Waals surface area contributed by atoms with Crippen LogP contribution in [0.4, 0.5) is 5.69 Å². The first-order valence-electron chi connectivity index (χ1n) is 8.09. The zero-order valence-electron chi connectivity index (χ0n) is 14.3. The number of aryl methyl sites for hydroxylation is 1. The summed E-state index contributed by atoms with van der Waals surface area (Å²) in [6.45, 7) is 10.3. The van der Waals surface area contributed by atoms with Crippen LogP contribution in [0.1, 0.15) is 23.1 Å². The maximum Gasteiger partial charge on any atom is 0.115 e. The molecular formula is C18H26N4O2. The van der Waals surface area contributed by atoms with Crippen LogP contribution < -0.4 is 10.6 Å². The van der Waals surface area contributed by atoms with Crippen molar-refractivity contribution in [3.63, 3.8) is 0 Å². The lowest BCUT2D eigenvalue weighted by Gasteiger charge is -2.13. The second kappa shape index (κ2) is 8.52. The van der Waals surface area contributed by atoms with E-state index in [1.807, 2.05) is 24.6 Å². The van der Waals surface area contributed by atoms with E-state index in [1.165, 1.54) is 0 Å². The van der Waals surface area contributed by atoms with Gasteiger partial charge in [0, 0.05) is 19.6 Å². The van der Waals surface area contributed by atoms with Gasteiger partial charge >= 0.3 is 0 Å². The van der Waals surface area contributed by atoms with E-state index in [9.17, 15) is 10.2 Å². The molecule has 0 amide bonds. The topological polar surface area (TPSA) is 82.3 Å². The van der Waals surface area contributed by atoms with E-state index in [4.69, 9.17) is 0 Å². The summed E-state index contributed by atoms with van der Waals surface area (Å²) in [6.07, 6.45) is 1.18. The van der Waals surface area contributed by atoms with Gasteiger partial charge in [0.05, 0.1) is 29.7 Å². The minimum atomic E-state index is -0.643. The number of aliphatic hydroxyl groups is 1. The Labute approximate surface area is 142 Å². The van der Waals surface area contributed by atoms with E-state index in [0.29, 0.717) is 25.2 Å². The molecule has 130 valence electrons. The molecule has 6 heteroatoms. The minimum absolute atomic E-state index is 0.163. The number of aliphatic hydroxyl groups excluding tert-OH is 1. The average molecular weight is 330 g/mol. The number of nitrogens with zero attached hydrogens (tertiary/aromatic N) is 2. The van der Waals surface area contributed by atoms with E-state index in [1.54, 1.807) is 24.3 Å². The predicted octanol–water partition coefficient (Wildman–Crippen LogP) is 2.13. The number of nitrogens with one attached hydrogen (secondary N) is 2. The summed E-state index contributed by atoms with van der Waals surface area (Å²) in [5.41, 5.74) is 3.81. The Balaban J connectivity index is 1.76. The highest BCUT2D eigenvalue weighted by Gasteiger charge is 2.10. The second-order valence-corrected chi connectivity index (χ2v) is 5.76. The molecule has 1 atom stereocenters. The number of phenolic OH excluding ortho intramolecular Hbond substituents is 1. The Bertz CT molecular complexity index is 682. The van der Waals surface area contributed by atoms with Crippen molar-refractivity contribution in [3.8, 4) is 5.75 Å². The summed E-state index contributed by atoms with van der Waals surface area (Å²) in [5, 5.41) is 30.6. The van der Waals surface area contributed by atoms with Gasteiger partial charge in [0.2, 0.25) is 0 Å². The highest BCUT2D eigenvalue weighted by Crippen LogP contribution is 2.19. The molecule has 0 spiro atoms. The normalized spacial score (nSPS) is 12.1. The zero-order chi connectivity index (χ0) is 17.5. The number of aromatic nitrogens is 2. The van der Waals surface area contributed by atoms with Gasteiger partial charge in [0.15, 0.2) is 0 Å². The molecule has 1 heterocycles. The highest BCUT2D eigenvalue weighted by atomic mass is 16.3. The number of aromatic hydroxyl groups is 1. The molecule has 0 fully saturated rings. The number of allylic oxidation sites excluding steroid dienone is 1. The number of benzene rings is 1. The van der Waals surface area contributed by atoms with Gasteiger partial charge in [0.1, 0.15) is 5.75 Å². The van der Waals surface area contributed by atoms with E-state index >= 15 is 0 Å². The summed E-state index contributed by atoms with van der Waals surface area (Å²) in [6, 6.07) is 6.68. The number of rotatable bonds is 9. The average Bonchev–Trinajstić information content (AvgIpc) is 2.82. The van der Waals surface area contributed by atoms with Crippen LogP contribution in [0.15, 0.2) is 36.9 Å². The molecule has 0 aliphatic heterocycles. The Hall–Kier alpha value is -2.31. The molecular weight excluding hydrogens is 304 g/mol. The molecule has 2 rings (SSSR count). The minimum Gasteiger partial charge on any atom is -0.508 e. The fourth-order valence-corrected chi connectivity index (χ4v) is 2.62. The Morgan fingerprint density at radius 2 is 2.12 bits per heavy atom. The summed E-state index contributed by atoms with van der Waals surface area (Å²) in [4.78, 5) is 0. The van der Waals surface area contributed by atoms with Gasteiger partial charge in [-0.25, -0.2) is 0 Å². The molecule has 1 aromatic heterocycles. The van der Waals surface area contributed by atoms with E-state index < -0.39 is 6.10 Å². The van der Waals surface area contributed by atoms with E-state index in [-0.39, 0.29) is 5.75 Å². The molecule has 1 aromatic carbocycles. The van der Waals surface area contributed by atoms with Gasteiger partial charge in [-0.2, -0.15) is 5.10 Å². The van der Waals surface area contributed by atoms with Crippen molar-refractivity contribution in [1.82, 2.24) is 15.1 Å². The van der Waals surface area contributed by atoms with Crippen LogP contribution in [0, 0.1) is 13.8 Å². The van der Waals surface area contributed by atoms with Crippen molar-refractivity contribution in [3.05, 3.63) is 53.9 Å². The summed E-state index contributed by atoms with van der Waals surface area (Å²) < 4.78 is 1.92. The third-order valence-electron chi connectivity index (χ3n) is 3.88. The van der Waals surface area contributed by atoms with Crippen LogP contribution >= 0.6 is 0 Å². The Kier molecular flexibility index (Phi) is 6.40. The van der Waals surface area contributed by atoms with Crippen LogP contribution in [-0.4, -0.2) is 39.6 Å². The first-order valence-corrected chi connectivity index (χ1v) is 8.09. The molecule has 0 bridgehead atoms. The predicted molar refractivity (Wildman–Crippen MR) is 96.3 cm³/mol. The number of hydrogen-bond acceptors (Lipinski definition) is 5. The molecule has 6 nitrogen and oxygen atoms in total. The van der Waals surface area contributed by atoms with Crippen LogP contribution in [0.2, 0.25) is 0 Å². The summed E-state index contributed by atoms with van der Waals surface area (Å²) >= 11 is 0.